The molecule has 0 aliphatic heterocycles. The Labute approximate surface area is 450 Å². The van der Waals surface area contributed by atoms with Crippen LogP contribution in [0.15, 0.2) is 12.2 Å². The molecular formula is C66H126O6. The average Bonchev–Trinajstić information content (AvgIpc) is 3.38. The van der Waals surface area contributed by atoms with E-state index in [0.717, 1.165) is 57.8 Å². The fourth-order valence-corrected chi connectivity index (χ4v) is 10.1. The van der Waals surface area contributed by atoms with E-state index in [2.05, 4.69) is 32.9 Å². The summed E-state index contributed by atoms with van der Waals surface area (Å²) in [5.41, 5.74) is 0. The van der Waals surface area contributed by atoms with Crippen LogP contribution in [-0.4, -0.2) is 37.2 Å². The molecule has 0 saturated carbocycles. The van der Waals surface area contributed by atoms with Crippen LogP contribution in [0, 0.1) is 0 Å². The normalized spacial score (nSPS) is 12.0. The summed E-state index contributed by atoms with van der Waals surface area (Å²) in [5, 5.41) is 0. The lowest BCUT2D eigenvalue weighted by molar-refractivity contribution is -0.167. The first-order valence-electron chi connectivity index (χ1n) is 32.7. The summed E-state index contributed by atoms with van der Waals surface area (Å²) in [7, 11) is 0. The Hall–Kier alpha value is -1.85. The third kappa shape index (κ3) is 59.0. The standard InChI is InChI=1S/C66H126O6/c1-4-7-10-13-16-19-22-25-28-31-33-34-36-38-41-44-47-50-53-56-59-65(68)71-62-63(61-70-64(67)58-55-52-49-46-43-40-37-30-27-24-21-18-15-12-9-6-3)72-66(69)60-57-54-51-48-45-42-39-35-32-29-26-23-20-17-14-11-8-5-2/h29,32,63H,4-28,30-31,33-62H2,1-3H3/b32-29-. The molecule has 0 bridgehead atoms. The molecule has 0 aliphatic carbocycles. The second kappa shape index (κ2) is 61.7. The smallest absolute Gasteiger partial charge is 0.306 e. The van der Waals surface area contributed by atoms with Gasteiger partial charge in [-0.2, -0.15) is 0 Å². The van der Waals surface area contributed by atoms with Crippen LogP contribution in [0.25, 0.3) is 0 Å². The van der Waals surface area contributed by atoms with Gasteiger partial charge in [-0.15, -0.1) is 0 Å². The zero-order chi connectivity index (χ0) is 52.2. The van der Waals surface area contributed by atoms with Crippen molar-refractivity contribution in [2.75, 3.05) is 13.2 Å². The van der Waals surface area contributed by atoms with E-state index in [1.54, 1.807) is 0 Å². The van der Waals surface area contributed by atoms with Crippen LogP contribution >= 0.6 is 0 Å². The van der Waals surface area contributed by atoms with Crippen LogP contribution < -0.4 is 0 Å². The number of carbonyl (C=O) groups is 3. The third-order valence-corrected chi connectivity index (χ3v) is 15.0. The zero-order valence-electron chi connectivity index (χ0n) is 49.0. The monoisotopic (exact) mass is 1010 g/mol. The SMILES string of the molecule is CCCCCCCCC/C=C\CCCCCCCCCC(=O)OC(COC(=O)CCCCCCCCCCCCCCCCCC)COC(=O)CCCCCCCCCCCCCCCCCCCCCC. The molecule has 0 heterocycles. The number of unbranched alkanes of at least 4 members (excludes halogenated alkanes) is 48. The third-order valence-electron chi connectivity index (χ3n) is 15.0. The molecule has 0 spiro atoms. The molecule has 72 heavy (non-hydrogen) atoms. The highest BCUT2D eigenvalue weighted by Crippen LogP contribution is 2.18. The highest BCUT2D eigenvalue weighted by molar-refractivity contribution is 5.71. The van der Waals surface area contributed by atoms with Crippen LogP contribution in [-0.2, 0) is 28.6 Å². The van der Waals surface area contributed by atoms with Crippen LogP contribution in [0.4, 0.5) is 0 Å². The molecule has 0 radical (unpaired) electrons. The predicted molar refractivity (Wildman–Crippen MR) is 312 cm³/mol. The second-order valence-electron chi connectivity index (χ2n) is 22.4. The molecule has 6 nitrogen and oxygen atoms in total. The minimum Gasteiger partial charge on any atom is -0.462 e. The van der Waals surface area contributed by atoms with E-state index < -0.39 is 6.10 Å². The van der Waals surface area contributed by atoms with Gasteiger partial charge in [0.2, 0.25) is 0 Å². The number of rotatable bonds is 61. The largest absolute Gasteiger partial charge is 0.462 e. The lowest BCUT2D eigenvalue weighted by Gasteiger charge is -2.18. The Balaban J connectivity index is 4.29. The maximum Gasteiger partial charge on any atom is 0.306 e. The Bertz CT molecular complexity index is 1120. The van der Waals surface area contributed by atoms with Crippen LogP contribution in [0.2, 0.25) is 0 Å². The van der Waals surface area contributed by atoms with Crippen LogP contribution in [0.1, 0.15) is 374 Å². The summed E-state index contributed by atoms with van der Waals surface area (Å²) >= 11 is 0. The minimum absolute atomic E-state index is 0.0651. The lowest BCUT2D eigenvalue weighted by Crippen LogP contribution is -2.30. The number of allylic oxidation sites excluding steroid dienone is 2. The lowest BCUT2D eigenvalue weighted by atomic mass is 10.0. The van der Waals surface area contributed by atoms with Crippen molar-refractivity contribution in [2.45, 2.75) is 380 Å². The molecule has 0 aromatic rings. The van der Waals surface area contributed by atoms with Gasteiger partial charge in [0.05, 0.1) is 0 Å². The van der Waals surface area contributed by atoms with Crippen molar-refractivity contribution in [2.24, 2.45) is 0 Å². The molecule has 1 unspecified atom stereocenters. The van der Waals surface area contributed by atoms with Gasteiger partial charge in [0.15, 0.2) is 6.10 Å². The van der Waals surface area contributed by atoms with Crippen molar-refractivity contribution >= 4 is 17.9 Å². The molecule has 1 atom stereocenters. The molecule has 0 aromatic heterocycles. The van der Waals surface area contributed by atoms with Crippen molar-refractivity contribution in [3.63, 3.8) is 0 Å². The summed E-state index contributed by atoms with van der Waals surface area (Å²) in [6.07, 6.45) is 72.2. The zero-order valence-corrected chi connectivity index (χ0v) is 49.0. The Morgan fingerprint density at radius 2 is 0.458 bits per heavy atom. The first-order valence-corrected chi connectivity index (χ1v) is 32.7. The number of hydrogen-bond acceptors (Lipinski definition) is 6. The molecular weight excluding hydrogens is 889 g/mol. The van der Waals surface area contributed by atoms with Crippen molar-refractivity contribution in [1.82, 2.24) is 0 Å². The molecule has 426 valence electrons. The molecule has 0 amide bonds. The van der Waals surface area contributed by atoms with Crippen molar-refractivity contribution < 1.29 is 28.6 Å². The van der Waals surface area contributed by atoms with Gasteiger partial charge in [-0.3, -0.25) is 14.4 Å². The maximum absolute atomic E-state index is 12.9. The fraction of sp³-hybridized carbons (Fsp3) is 0.924. The summed E-state index contributed by atoms with van der Waals surface area (Å²) < 4.78 is 17.0. The van der Waals surface area contributed by atoms with E-state index in [0.29, 0.717) is 19.3 Å². The first-order chi connectivity index (χ1) is 35.5. The highest BCUT2D eigenvalue weighted by Gasteiger charge is 2.19. The maximum atomic E-state index is 12.9. The second-order valence-corrected chi connectivity index (χ2v) is 22.4. The van der Waals surface area contributed by atoms with Gasteiger partial charge in [-0.25, -0.2) is 0 Å². The Kier molecular flexibility index (Phi) is 60.1. The predicted octanol–water partition coefficient (Wildman–Crippen LogP) is 22.1. The summed E-state index contributed by atoms with van der Waals surface area (Å²) in [4.78, 5) is 38.3. The van der Waals surface area contributed by atoms with E-state index >= 15 is 0 Å². The summed E-state index contributed by atoms with van der Waals surface area (Å²) in [6, 6.07) is 0. The molecule has 0 rings (SSSR count). The minimum atomic E-state index is -0.768. The van der Waals surface area contributed by atoms with Gasteiger partial charge in [0.25, 0.3) is 0 Å². The van der Waals surface area contributed by atoms with Crippen LogP contribution in [0.5, 0.6) is 0 Å². The van der Waals surface area contributed by atoms with E-state index in [1.165, 1.54) is 276 Å². The van der Waals surface area contributed by atoms with Crippen molar-refractivity contribution in [1.29, 1.82) is 0 Å². The molecule has 0 aliphatic rings. The number of hydrogen-bond donors (Lipinski definition) is 0. The number of carbonyl (C=O) groups excluding carboxylic acids is 3. The van der Waals surface area contributed by atoms with E-state index in [-0.39, 0.29) is 31.1 Å². The van der Waals surface area contributed by atoms with E-state index in [9.17, 15) is 14.4 Å². The molecule has 0 N–H and O–H groups in total. The van der Waals surface area contributed by atoms with Gasteiger partial charge < -0.3 is 14.2 Å². The Morgan fingerprint density at radius 1 is 0.264 bits per heavy atom. The molecule has 0 fully saturated rings. The molecule has 0 saturated heterocycles. The number of esters is 3. The van der Waals surface area contributed by atoms with E-state index in [4.69, 9.17) is 14.2 Å². The first kappa shape index (κ1) is 70.1. The van der Waals surface area contributed by atoms with E-state index in [1.807, 2.05) is 0 Å². The summed E-state index contributed by atoms with van der Waals surface area (Å²) in [6.45, 7) is 6.72. The van der Waals surface area contributed by atoms with Crippen LogP contribution in [0.3, 0.4) is 0 Å². The fourth-order valence-electron chi connectivity index (χ4n) is 10.1. The average molecular weight is 1020 g/mol. The number of ether oxygens (including phenoxy) is 3. The topological polar surface area (TPSA) is 78.9 Å². The molecule has 0 aromatic carbocycles. The summed E-state index contributed by atoms with van der Waals surface area (Å²) in [5.74, 6) is -0.837. The van der Waals surface area contributed by atoms with Gasteiger partial charge in [0.1, 0.15) is 13.2 Å². The van der Waals surface area contributed by atoms with Crippen molar-refractivity contribution in [3.8, 4) is 0 Å². The van der Waals surface area contributed by atoms with Gasteiger partial charge >= 0.3 is 17.9 Å². The van der Waals surface area contributed by atoms with Gasteiger partial charge in [-0.05, 0) is 44.9 Å². The Morgan fingerprint density at radius 3 is 0.694 bits per heavy atom. The van der Waals surface area contributed by atoms with Gasteiger partial charge in [-0.1, -0.05) is 322 Å². The quantitative estimate of drug-likeness (QED) is 0.0261. The highest BCUT2D eigenvalue weighted by atomic mass is 16.6. The van der Waals surface area contributed by atoms with Crippen molar-refractivity contribution in [3.05, 3.63) is 12.2 Å². The molecule has 6 heteroatoms. The van der Waals surface area contributed by atoms with Gasteiger partial charge in [0, 0.05) is 19.3 Å².